The molecule has 0 aromatic rings. The van der Waals surface area contributed by atoms with Crippen LogP contribution in [0.2, 0.25) is 0 Å². The molecule has 0 aromatic heterocycles. The van der Waals surface area contributed by atoms with Gasteiger partial charge in [-0.3, -0.25) is 14.4 Å². The lowest BCUT2D eigenvalue weighted by Crippen LogP contribution is -2.61. The van der Waals surface area contributed by atoms with Crippen molar-refractivity contribution in [2.75, 3.05) is 55.5 Å². The van der Waals surface area contributed by atoms with Gasteiger partial charge in [-0.05, 0) is 41.0 Å². The Morgan fingerprint density at radius 3 is 1.52 bits per heavy atom. The molecule has 1 rings (SSSR count). The molecule has 2 unspecified atom stereocenters. The normalized spacial score (nSPS) is 28.1. The molecule has 7 heteroatoms. The largest absolute Gasteiger partial charge is 0.468 e. The summed E-state index contributed by atoms with van der Waals surface area (Å²) < 4.78 is 9.85. The lowest BCUT2D eigenvalue weighted by molar-refractivity contribution is -0.175. The van der Waals surface area contributed by atoms with Crippen LogP contribution in [0, 0.1) is 10.8 Å². The third-order valence-corrected chi connectivity index (χ3v) is 4.40. The molecule has 0 N–H and O–H groups in total. The number of ether oxygens (including phenoxy) is 2. The fraction of sp³-hybridized carbons (Fsp3) is 0.812. The molecule has 1 saturated carbocycles. The smallest absolute Gasteiger partial charge is 0.320 e. The van der Waals surface area contributed by atoms with Crippen molar-refractivity contribution in [3.05, 3.63) is 0 Å². The Labute approximate surface area is 137 Å². The maximum atomic E-state index is 13.4. The van der Waals surface area contributed by atoms with Crippen molar-refractivity contribution in [3.63, 3.8) is 0 Å². The molecule has 0 radical (unpaired) electrons. The first-order chi connectivity index (χ1) is 10.7. The zero-order valence-corrected chi connectivity index (χ0v) is 15.0. The lowest BCUT2D eigenvalue weighted by Gasteiger charge is -2.44. The van der Waals surface area contributed by atoms with Gasteiger partial charge in [0, 0.05) is 13.1 Å². The Morgan fingerprint density at radius 2 is 1.26 bits per heavy atom. The highest BCUT2D eigenvalue weighted by molar-refractivity contribution is 6.15. The van der Waals surface area contributed by atoms with Crippen LogP contribution in [0.5, 0.6) is 0 Å². The molecule has 0 amide bonds. The summed E-state index contributed by atoms with van der Waals surface area (Å²) in [4.78, 5) is 41.9. The van der Waals surface area contributed by atoms with Crippen LogP contribution in [0.4, 0.5) is 0 Å². The van der Waals surface area contributed by atoms with Gasteiger partial charge in [-0.15, -0.1) is 0 Å². The van der Waals surface area contributed by atoms with E-state index in [1.165, 1.54) is 14.2 Å². The zero-order chi connectivity index (χ0) is 17.8. The number of carbonyl (C=O) groups excluding carboxylic acids is 3. The van der Waals surface area contributed by atoms with Gasteiger partial charge in [0.2, 0.25) is 0 Å². The molecule has 0 bridgehead atoms. The van der Waals surface area contributed by atoms with Crippen LogP contribution in [-0.4, -0.2) is 83.0 Å². The number of hydrogen-bond acceptors (Lipinski definition) is 7. The maximum absolute atomic E-state index is 13.4. The number of carbonyl (C=O) groups is 3. The second-order valence-electron chi connectivity index (χ2n) is 6.81. The van der Waals surface area contributed by atoms with Crippen LogP contribution in [-0.2, 0) is 23.9 Å². The van der Waals surface area contributed by atoms with E-state index in [2.05, 4.69) is 0 Å². The summed E-state index contributed by atoms with van der Waals surface area (Å²) in [6.45, 7) is 0.426. The van der Waals surface area contributed by atoms with E-state index < -0.39 is 28.6 Å². The minimum atomic E-state index is -1.33. The van der Waals surface area contributed by atoms with Crippen molar-refractivity contribution in [3.8, 4) is 0 Å². The minimum absolute atomic E-state index is 0.213. The van der Waals surface area contributed by atoms with Gasteiger partial charge in [0.1, 0.15) is 10.8 Å². The fourth-order valence-electron chi connectivity index (χ4n) is 3.67. The summed E-state index contributed by atoms with van der Waals surface area (Å²) in [5.74, 6) is -1.55. The highest BCUT2D eigenvalue weighted by Gasteiger charge is 2.61. The van der Waals surface area contributed by atoms with E-state index in [-0.39, 0.29) is 13.1 Å². The van der Waals surface area contributed by atoms with E-state index in [9.17, 15) is 14.4 Å². The van der Waals surface area contributed by atoms with Gasteiger partial charge in [-0.2, -0.15) is 0 Å². The number of rotatable bonds is 6. The standard InChI is InChI=1S/C16H28N2O5/c1-17(2)10-15(13(20)22-5)8-7-9-16(12(15)19,11-18(3)4)14(21)23-6/h7-11H2,1-6H3. The van der Waals surface area contributed by atoms with Crippen molar-refractivity contribution >= 4 is 17.7 Å². The highest BCUT2D eigenvalue weighted by atomic mass is 16.5. The SMILES string of the molecule is COC(=O)C1(CN(C)C)CCCC(CN(C)C)(C(=O)OC)C1=O. The van der Waals surface area contributed by atoms with Crippen LogP contribution in [0.1, 0.15) is 19.3 Å². The minimum Gasteiger partial charge on any atom is -0.468 e. The molecule has 23 heavy (non-hydrogen) atoms. The van der Waals surface area contributed by atoms with Crippen LogP contribution in [0.25, 0.3) is 0 Å². The molecule has 1 aliphatic carbocycles. The van der Waals surface area contributed by atoms with E-state index in [1.54, 1.807) is 38.0 Å². The molecule has 1 aliphatic rings. The van der Waals surface area contributed by atoms with E-state index in [0.29, 0.717) is 19.3 Å². The van der Waals surface area contributed by atoms with E-state index in [4.69, 9.17) is 9.47 Å². The van der Waals surface area contributed by atoms with Crippen molar-refractivity contribution in [2.45, 2.75) is 19.3 Å². The number of ketones is 1. The van der Waals surface area contributed by atoms with Gasteiger partial charge in [0.15, 0.2) is 5.78 Å². The Hall–Kier alpha value is -1.47. The monoisotopic (exact) mass is 328 g/mol. The predicted octanol–water partition coefficient (Wildman–Crippen LogP) is 0.181. The molecule has 0 spiro atoms. The molecular weight excluding hydrogens is 300 g/mol. The van der Waals surface area contributed by atoms with Crippen molar-refractivity contribution in [1.29, 1.82) is 0 Å². The van der Waals surface area contributed by atoms with Crippen LogP contribution < -0.4 is 0 Å². The van der Waals surface area contributed by atoms with Crippen molar-refractivity contribution < 1.29 is 23.9 Å². The Morgan fingerprint density at radius 1 is 0.913 bits per heavy atom. The first kappa shape index (κ1) is 19.6. The Bertz CT molecular complexity index is 437. The summed E-state index contributed by atoms with van der Waals surface area (Å²) in [7, 11) is 9.70. The highest BCUT2D eigenvalue weighted by Crippen LogP contribution is 2.45. The summed E-state index contributed by atoms with van der Waals surface area (Å²) in [6.07, 6.45) is 1.34. The van der Waals surface area contributed by atoms with E-state index >= 15 is 0 Å². The second-order valence-corrected chi connectivity index (χ2v) is 6.81. The summed E-state index contributed by atoms with van der Waals surface area (Å²) >= 11 is 0. The van der Waals surface area contributed by atoms with Crippen LogP contribution >= 0.6 is 0 Å². The first-order valence-electron chi connectivity index (χ1n) is 7.67. The van der Waals surface area contributed by atoms with Crippen molar-refractivity contribution in [2.24, 2.45) is 10.8 Å². The maximum Gasteiger partial charge on any atom is 0.320 e. The Kier molecular flexibility index (Phi) is 6.30. The van der Waals surface area contributed by atoms with Crippen molar-refractivity contribution in [1.82, 2.24) is 9.80 Å². The van der Waals surface area contributed by atoms with Gasteiger partial charge in [-0.1, -0.05) is 6.42 Å². The topological polar surface area (TPSA) is 76.2 Å². The number of Topliss-reactive ketones (excluding diaryl/α,β-unsaturated/α-hetero) is 1. The quantitative estimate of drug-likeness (QED) is 0.508. The summed E-state index contributed by atoms with van der Waals surface area (Å²) in [5, 5.41) is 0. The average molecular weight is 328 g/mol. The lowest BCUT2D eigenvalue weighted by atomic mass is 9.60. The van der Waals surface area contributed by atoms with Gasteiger partial charge in [0.05, 0.1) is 14.2 Å². The Balaban J connectivity index is 3.42. The molecule has 0 aliphatic heterocycles. The van der Waals surface area contributed by atoms with Crippen LogP contribution in [0.15, 0.2) is 0 Å². The number of nitrogens with zero attached hydrogens (tertiary/aromatic N) is 2. The van der Waals surface area contributed by atoms with Gasteiger partial charge in [-0.25, -0.2) is 0 Å². The molecule has 0 saturated heterocycles. The number of methoxy groups -OCH3 is 2. The van der Waals surface area contributed by atoms with E-state index in [1.807, 2.05) is 0 Å². The predicted molar refractivity (Wildman–Crippen MR) is 84.9 cm³/mol. The first-order valence-corrected chi connectivity index (χ1v) is 7.67. The second kappa shape index (κ2) is 7.40. The molecule has 2 atom stereocenters. The third kappa shape index (κ3) is 3.55. The van der Waals surface area contributed by atoms with Gasteiger partial charge >= 0.3 is 11.9 Å². The molecule has 0 aromatic carbocycles. The molecule has 1 fully saturated rings. The van der Waals surface area contributed by atoms with E-state index in [0.717, 1.165) is 0 Å². The summed E-state index contributed by atoms with van der Waals surface area (Å²) in [6, 6.07) is 0. The third-order valence-electron chi connectivity index (χ3n) is 4.40. The van der Waals surface area contributed by atoms with Gasteiger partial charge in [0.25, 0.3) is 0 Å². The number of hydrogen-bond donors (Lipinski definition) is 0. The molecular formula is C16H28N2O5. The molecule has 132 valence electrons. The molecule has 0 heterocycles. The average Bonchev–Trinajstić information content (AvgIpc) is 2.48. The number of esters is 2. The van der Waals surface area contributed by atoms with Gasteiger partial charge < -0.3 is 19.3 Å². The van der Waals surface area contributed by atoms with Crippen LogP contribution in [0.3, 0.4) is 0 Å². The zero-order valence-electron chi connectivity index (χ0n) is 15.0. The summed E-state index contributed by atoms with van der Waals surface area (Å²) in [5.41, 5.74) is -2.67. The molecule has 7 nitrogen and oxygen atoms in total. The fourth-order valence-corrected chi connectivity index (χ4v) is 3.67.